The molecule has 0 saturated carbocycles. The van der Waals surface area contributed by atoms with Crippen LogP contribution < -0.4 is 5.32 Å². The summed E-state index contributed by atoms with van der Waals surface area (Å²) < 4.78 is 2.12. The van der Waals surface area contributed by atoms with E-state index in [1.165, 1.54) is 0 Å². The molecule has 1 amide bonds. The number of fused-ring (bicyclic) bond motifs is 1. The third-order valence-electron chi connectivity index (χ3n) is 4.03. The van der Waals surface area contributed by atoms with Crippen LogP contribution in [0.3, 0.4) is 0 Å². The van der Waals surface area contributed by atoms with Gasteiger partial charge in [0.15, 0.2) is 0 Å². The molecule has 0 aliphatic heterocycles. The second-order valence-corrected chi connectivity index (χ2v) is 5.85. The number of nitrogens with zero attached hydrogens (tertiary/aromatic N) is 2. The van der Waals surface area contributed by atoms with Crippen molar-refractivity contribution in [3.8, 4) is 0 Å². The molecule has 0 bridgehead atoms. The number of imidazole rings is 1. The molecule has 0 spiro atoms. The molecule has 4 nitrogen and oxygen atoms in total. The predicted molar refractivity (Wildman–Crippen MR) is 92.6 cm³/mol. The van der Waals surface area contributed by atoms with Crippen molar-refractivity contribution in [3.63, 3.8) is 0 Å². The van der Waals surface area contributed by atoms with E-state index in [0.29, 0.717) is 6.54 Å². The summed E-state index contributed by atoms with van der Waals surface area (Å²) in [6, 6.07) is 14.0. The molecule has 0 aliphatic rings. The molecule has 0 unspecified atom stereocenters. The molecular weight excluding hydrogens is 286 g/mol. The van der Waals surface area contributed by atoms with Crippen LogP contribution in [0.4, 0.5) is 0 Å². The number of aromatic nitrogens is 2. The van der Waals surface area contributed by atoms with Crippen LogP contribution in [0.25, 0.3) is 11.0 Å². The lowest BCUT2D eigenvalue weighted by Gasteiger charge is -2.09. The minimum absolute atomic E-state index is 0.00156. The number of aryl methyl sites for hydroxylation is 3. The van der Waals surface area contributed by atoms with Gasteiger partial charge in [-0.1, -0.05) is 29.8 Å². The summed E-state index contributed by atoms with van der Waals surface area (Å²) in [7, 11) is 0. The third kappa shape index (κ3) is 3.42. The molecule has 4 heteroatoms. The van der Waals surface area contributed by atoms with Crippen molar-refractivity contribution in [2.75, 3.05) is 6.54 Å². The molecule has 118 valence electrons. The second kappa shape index (κ2) is 6.65. The molecule has 3 aromatic rings. The zero-order valence-electron chi connectivity index (χ0n) is 13.5. The highest BCUT2D eigenvalue weighted by Crippen LogP contribution is 2.12. The van der Waals surface area contributed by atoms with E-state index in [-0.39, 0.29) is 5.91 Å². The molecule has 3 rings (SSSR count). The van der Waals surface area contributed by atoms with E-state index >= 15 is 0 Å². The van der Waals surface area contributed by atoms with Crippen LogP contribution in [0.15, 0.2) is 48.8 Å². The largest absolute Gasteiger partial charge is 0.352 e. The van der Waals surface area contributed by atoms with Gasteiger partial charge in [-0.05, 0) is 44.0 Å². The van der Waals surface area contributed by atoms with E-state index in [4.69, 9.17) is 0 Å². The van der Waals surface area contributed by atoms with E-state index in [0.717, 1.165) is 40.7 Å². The Morgan fingerprint density at radius 2 is 2.00 bits per heavy atom. The van der Waals surface area contributed by atoms with Gasteiger partial charge in [-0.15, -0.1) is 0 Å². The van der Waals surface area contributed by atoms with E-state index in [1.54, 1.807) is 0 Å². The molecule has 2 aromatic carbocycles. The van der Waals surface area contributed by atoms with Gasteiger partial charge in [-0.2, -0.15) is 0 Å². The van der Waals surface area contributed by atoms with Crippen molar-refractivity contribution < 1.29 is 4.79 Å². The lowest BCUT2D eigenvalue weighted by Crippen LogP contribution is -2.26. The zero-order valence-corrected chi connectivity index (χ0v) is 13.5. The standard InChI is InChI=1S/C19H21N3O/c1-14-8-9-15(2)16(12-14)19(23)20-10-5-11-22-13-21-17-6-3-4-7-18(17)22/h3-4,6-9,12-13H,5,10-11H2,1-2H3,(H,20,23). The molecule has 0 fully saturated rings. The molecule has 1 aromatic heterocycles. The second-order valence-electron chi connectivity index (χ2n) is 5.85. The lowest BCUT2D eigenvalue weighted by molar-refractivity contribution is 0.0952. The summed E-state index contributed by atoms with van der Waals surface area (Å²) in [5.41, 5.74) is 5.01. The average Bonchev–Trinajstić information content (AvgIpc) is 2.97. The topological polar surface area (TPSA) is 46.9 Å². The zero-order chi connectivity index (χ0) is 16.2. The van der Waals surface area contributed by atoms with Crippen LogP contribution in [0.2, 0.25) is 0 Å². The first kappa shape index (κ1) is 15.3. The maximum Gasteiger partial charge on any atom is 0.251 e. The lowest BCUT2D eigenvalue weighted by atomic mass is 10.1. The van der Waals surface area contributed by atoms with Crippen molar-refractivity contribution in [3.05, 3.63) is 65.5 Å². The smallest absolute Gasteiger partial charge is 0.251 e. The van der Waals surface area contributed by atoms with Crippen LogP contribution >= 0.6 is 0 Å². The SMILES string of the molecule is Cc1ccc(C)c(C(=O)NCCCn2cnc3ccccc32)c1. The van der Waals surface area contributed by atoms with Gasteiger partial charge < -0.3 is 9.88 Å². The number of hydrogen-bond acceptors (Lipinski definition) is 2. The summed E-state index contributed by atoms with van der Waals surface area (Å²) in [6.45, 7) is 5.46. The first-order valence-electron chi connectivity index (χ1n) is 7.90. The van der Waals surface area contributed by atoms with Gasteiger partial charge >= 0.3 is 0 Å². The monoisotopic (exact) mass is 307 g/mol. The minimum atomic E-state index is 0.00156. The predicted octanol–water partition coefficient (Wildman–Crippen LogP) is 3.47. The fraction of sp³-hybridized carbons (Fsp3) is 0.263. The molecule has 1 N–H and O–H groups in total. The van der Waals surface area contributed by atoms with E-state index in [2.05, 4.69) is 20.9 Å². The van der Waals surface area contributed by atoms with Gasteiger partial charge in [0.25, 0.3) is 5.91 Å². The van der Waals surface area contributed by atoms with Crippen LogP contribution in [0, 0.1) is 13.8 Å². The van der Waals surface area contributed by atoms with Crippen molar-refractivity contribution in [2.45, 2.75) is 26.8 Å². The number of carbonyl (C=O) groups is 1. The minimum Gasteiger partial charge on any atom is -0.352 e. The van der Waals surface area contributed by atoms with Gasteiger partial charge in [-0.25, -0.2) is 4.98 Å². The maximum atomic E-state index is 12.3. The molecule has 23 heavy (non-hydrogen) atoms. The highest BCUT2D eigenvalue weighted by molar-refractivity contribution is 5.95. The summed E-state index contributed by atoms with van der Waals surface area (Å²) in [6.07, 6.45) is 2.73. The Morgan fingerprint density at radius 1 is 1.17 bits per heavy atom. The Kier molecular flexibility index (Phi) is 4.42. The summed E-state index contributed by atoms with van der Waals surface area (Å²) >= 11 is 0. The van der Waals surface area contributed by atoms with Gasteiger partial charge in [0.2, 0.25) is 0 Å². The van der Waals surface area contributed by atoms with Crippen molar-refractivity contribution >= 4 is 16.9 Å². The fourth-order valence-electron chi connectivity index (χ4n) is 2.72. The van der Waals surface area contributed by atoms with E-state index < -0.39 is 0 Å². The first-order chi connectivity index (χ1) is 11.1. The Morgan fingerprint density at radius 3 is 2.87 bits per heavy atom. The van der Waals surface area contributed by atoms with Crippen LogP contribution in [0.1, 0.15) is 27.9 Å². The summed E-state index contributed by atoms with van der Waals surface area (Å²) in [5, 5.41) is 3.00. The Bertz CT molecular complexity index is 836. The number of para-hydroxylation sites is 2. The molecule has 0 saturated heterocycles. The fourth-order valence-corrected chi connectivity index (χ4v) is 2.72. The summed E-state index contributed by atoms with van der Waals surface area (Å²) in [5.74, 6) is 0.00156. The molecule has 1 heterocycles. The maximum absolute atomic E-state index is 12.3. The first-order valence-corrected chi connectivity index (χ1v) is 7.90. The van der Waals surface area contributed by atoms with Gasteiger partial charge in [-0.3, -0.25) is 4.79 Å². The van der Waals surface area contributed by atoms with Gasteiger partial charge in [0, 0.05) is 18.7 Å². The van der Waals surface area contributed by atoms with Gasteiger partial charge in [0.1, 0.15) is 0 Å². The van der Waals surface area contributed by atoms with Crippen molar-refractivity contribution in [1.82, 2.24) is 14.9 Å². The number of carbonyl (C=O) groups excluding carboxylic acids is 1. The van der Waals surface area contributed by atoms with Crippen LogP contribution in [0.5, 0.6) is 0 Å². The highest BCUT2D eigenvalue weighted by atomic mass is 16.1. The quantitative estimate of drug-likeness (QED) is 0.734. The average molecular weight is 307 g/mol. The molecule has 0 radical (unpaired) electrons. The van der Waals surface area contributed by atoms with Crippen molar-refractivity contribution in [2.24, 2.45) is 0 Å². The number of nitrogens with one attached hydrogen (secondary N) is 1. The van der Waals surface area contributed by atoms with Crippen LogP contribution in [-0.4, -0.2) is 22.0 Å². The third-order valence-corrected chi connectivity index (χ3v) is 4.03. The number of amides is 1. The van der Waals surface area contributed by atoms with Crippen LogP contribution in [-0.2, 0) is 6.54 Å². The summed E-state index contributed by atoms with van der Waals surface area (Å²) in [4.78, 5) is 16.6. The van der Waals surface area contributed by atoms with Gasteiger partial charge in [0.05, 0.1) is 17.4 Å². The number of rotatable bonds is 5. The Balaban J connectivity index is 1.55. The molecule has 0 aliphatic carbocycles. The normalized spacial score (nSPS) is 10.9. The Hall–Kier alpha value is -2.62. The molecular formula is C19H21N3O. The highest BCUT2D eigenvalue weighted by Gasteiger charge is 2.08. The van der Waals surface area contributed by atoms with Crippen molar-refractivity contribution in [1.29, 1.82) is 0 Å². The number of hydrogen-bond donors (Lipinski definition) is 1. The Labute approximate surface area is 136 Å². The van der Waals surface area contributed by atoms with E-state index in [1.807, 2.05) is 56.6 Å². The molecule has 0 atom stereocenters. The van der Waals surface area contributed by atoms with E-state index in [9.17, 15) is 4.79 Å². The number of benzene rings is 2.